The maximum absolute atomic E-state index is 12.8. The van der Waals surface area contributed by atoms with Gasteiger partial charge in [0.05, 0.1) is 25.4 Å². The highest BCUT2D eigenvalue weighted by molar-refractivity contribution is 7.25. The van der Waals surface area contributed by atoms with E-state index in [0.717, 1.165) is 18.5 Å². The van der Waals surface area contributed by atoms with E-state index in [0.29, 0.717) is 25.2 Å². The second-order valence-electron chi connectivity index (χ2n) is 15.2. The third kappa shape index (κ3) is 21.0. The van der Waals surface area contributed by atoms with Crippen LogP contribution in [-0.2, 0) is 31.1 Å². The molecule has 16 heteroatoms. The van der Waals surface area contributed by atoms with Crippen LogP contribution in [0.5, 0.6) is 0 Å². The minimum Gasteiger partial charge on any atom is -0.453 e. The lowest BCUT2D eigenvalue weighted by Crippen LogP contribution is -2.52. The molecule has 0 aromatic heterocycles. The van der Waals surface area contributed by atoms with Crippen LogP contribution in [0.15, 0.2) is 12.2 Å². The van der Waals surface area contributed by atoms with Crippen molar-refractivity contribution < 1.29 is 41.3 Å². The first-order valence-corrected chi connectivity index (χ1v) is 34.1. The molecule has 0 radical (unpaired) electrons. The first kappa shape index (κ1) is 44.0. The minimum atomic E-state index is -2.35. The lowest BCUT2D eigenvalue weighted by atomic mass is 10.2. The molecule has 10 nitrogen and oxygen atoms in total. The van der Waals surface area contributed by atoms with Gasteiger partial charge in [0.15, 0.2) is 25.0 Å². The maximum Gasteiger partial charge on any atom is 0.314 e. The SMILES string of the molecule is C=C(C)C(=O)N(CC(O)COCCC[Si](C)(O[Si](C)(C)C)O[Si](C)(C)C)CC(O)COCCC[Si](C)(O[Si](C)(C)C)[Si](C)=O. The lowest BCUT2D eigenvalue weighted by molar-refractivity contribution is -0.131. The highest BCUT2D eigenvalue weighted by Gasteiger charge is 2.41. The molecule has 0 saturated carbocycles. The Labute approximate surface area is 275 Å². The molecule has 0 saturated heterocycles. The van der Waals surface area contributed by atoms with Gasteiger partial charge in [-0.05, 0) is 110 Å². The average molecular weight is 728 g/mol. The van der Waals surface area contributed by atoms with Crippen molar-refractivity contribution in [2.75, 3.05) is 39.5 Å². The van der Waals surface area contributed by atoms with Crippen LogP contribution < -0.4 is 0 Å². The van der Waals surface area contributed by atoms with E-state index in [-0.39, 0.29) is 32.2 Å². The second-order valence-corrected chi connectivity index (χ2v) is 42.5. The Hall–Kier alpha value is 0.0313. The molecule has 0 spiro atoms. The Balaban J connectivity index is 4.82. The smallest absolute Gasteiger partial charge is 0.314 e. The van der Waals surface area contributed by atoms with Crippen molar-refractivity contribution in [1.82, 2.24) is 4.90 Å². The third-order valence-corrected chi connectivity index (χ3v) is 29.1. The van der Waals surface area contributed by atoms with Gasteiger partial charge in [0.2, 0.25) is 13.7 Å². The molecule has 0 aliphatic heterocycles. The van der Waals surface area contributed by atoms with Crippen LogP contribution in [0, 0.1) is 0 Å². The van der Waals surface area contributed by atoms with E-state index in [9.17, 15) is 19.5 Å². The van der Waals surface area contributed by atoms with E-state index in [1.54, 1.807) is 13.5 Å². The van der Waals surface area contributed by atoms with E-state index in [1.807, 2.05) is 6.55 Å². The van der Waals surface area contributed by atoms with E-state index in [1.165, 1.54) is 4.90 Å². The molecular formula is C28H65NO9Si6. The maximum atomic E-state index is 12.8. The summed E-state index contributed by atoms with van der Waals surface area (Å²) in [7, 11) is -11.8. The molecular weight excluding hydrogens is 663 g/mol. The summed E-state index contributed by atoms with van der Waals surface area (Å²) < 4.78 is 43.4. The van der Waals surface area contributed by atoms with Gasteiger partial charge in [0.25, 0.3) is 8.20 Å². The first-order chi connectivity index (χ1) is 19.8. The number of hydrogen-bond acceptors (Lipinski definition) is 9. The number of aliphatic hydroxyl groups is 2. The quantitative estimate of drug-likeness (QED) is 0.0779. The minimum absolute atomic E-state index is 0.00261. The van der Waals surface area contributed by atoms with Crippen LogP contribution in [0.1, 0.15) is 19.8 Å². The van der Waals surface area contributed by atoms with E-state index < -0.39 is 61.8 Å². The van der Waals surface area contributed by atoms with Crippen molar-refractivity contribution >= 4 is 55.5 Å². The topological polar surface area (TPSA) is 124 Å². The zero-order valence-corrected chi connectivity index (χ0v) is 36.1. The Morgan fingerprint density at radius 2 is 1.14 bits per heavy atom. The van der Waals surface area contributed by atoms with Crippen molar-refractivity contribution in [3.8, 4) is 0 Å². The summed E-state index contributed by atoms with van der Waals surface area (Å²) in [5.74, 6) is -0.338. The zero-order valence-electron chi connectivity index (χ0n) is 30.1. The van der Waals surface area contributed by atoms with Crippen LogP contribution >= 0.6 is 0 Å². The Morgan fingerprint density at radius 3 is 1.48 bits per heavy atom. The molecule has 3 atom stereocenters. The molecule has 0 rings (SSSR count). The molecule has 0 bridgehead atoms. The fourth-order valence-corrected chi connectivity index (χ4v) is 30.7. The molecule has 1 amide bonds. The highest BCUT2D eigenvalue weighted by atomic mass is 29.2. The summed E-state index contributed by atoms with van der Waals surface area (Å²) in [4.78, 5) is 14.2. The first-order valence-electron chi connectivity index (χ1n) is 15.9. The normalized spacial score (nSPS) is 15.9. The molecule has 0 heterocycles. The molecule has 0 aliphatic carbocycles. The number of hydrogen-bond donors (Lipinski definition) is 2. The molecule has 0 fully saturated rings. The molecule has 44 heavy (non-hydrogen) atoms. The van der Waals surface area contributed by atoms with Gasteiger partial charge in [-0.15, -0.1) is 0 Å². The molecule has 0 aromatic rings. The van der Waals surface area contributed by atoms with Gasteiger partial charge in [-0.25, -0.2) is 0 Å². The predicted octanol–water partition coefficient (Wildman–Crippen LogP) is 5.26. The molecule has 2 N–H and O–H groups in total. The zero-order chi connectivity index (χ0) is 34.6. The van der Waals surface area contributed by atoms with Crippen LogP contribution in [0.2, 0.25) is 90.7 Å². The Bertz CT molecular complexity index is 892. The summed E-state index contributed by atoms with van der Waals surface area (Å²) in [5.41, 5.74) is 0.321. The fourth-order valence-electron chi connectivity index (χ4n) is 4.96. The summed E-state index contributed by atoms with van der Waals surface area (Å²) in [6, 6.07) is 1.56. The molecule has 0 aromatic carbocycles. The van der Waals surface area contributed by atoms with Crippen LogP contribution in [0.4, 0.5) is 0 Å². The third-order valence-electron chi connectivity index (χ3n) is 6.32. The van der Waals surface area contributed by atoms with Gasteiger partial charge >= 0.3 is 8.56 Å². The highest BCUT2D eigenvalue weighted by Crippen LogP contribution is 2.25. The average Bonchev–Trinajstić information content (AvgIpc) is 2.78. The number of aliphatic hydroxyl groups excluding tert-OH is 2. The Kier molecular flexibility index (Phi) is 19.1. The number of carbonyl (C=O) groups excluding carboxylic acids is 1. The standard InChI is InChI=1S/C28H65NO9Si6/c1-25(2)28(32)29(22-27(31)24-35-18-16-20-44(14,39(3)33)38-42(10,11)12)21-26(30)23-34-17-15-19-43(13,36-40(4,5)6)37-41(7,8)9/h26-27,30-31H,1,15-24H2,2-14H3. The van der Waals surface area contributed by atoms with E-state index in [4.69, 9.17) is 21.8 Å². The molecule has 0 aliphatic rings. The van der Waals surface area contributed by atoms with Gasteiger partial charge in [-0.3, -0.25) is 4.79 Å². The molecule has 3 unspecified atom stereocenters. The van der Waals surface area contributed by atoms with Crippen molar-refractivity contribution in [2.45, 2.75) is 123 Å². The largest absolute Gasteiger partial charge is 0.453 e. The molecule has 260 valence electrons. The van der Waals surface area contributed by atoms with E-state index in [2.05, 4.69) is 72.0 Å². The van der Waals surface area contributed by atoms with Crippen LogP contribution in [0.3, 0.4) is 0 Å². The monoisotopic (exact) mass is 727 g/mol. The summed E-state index contributed by atoms with van der Waals surface area (Å²) in [6.45, 7) is 31.7. The number of amides is 1. The summed E-state index contributed by atoms with van der Waals surface area (Å²) >= 11 is 0. The van der Waals surface area contributed by atoms with Crippen LogP contribution in [-0.4, -0.2) is 122 Å². The van der Waals surface area contributed by atoms with Gasteiger partial charge in [-0.2, -0.15) is 0 Å². The van der Waals surface area contributed by atoms with Crippen molar-refractivity contribution in [3.63, 3.8) is 0 Å². The van der Waals surface area contributed by atoms with Crippen molar-refractivity contribution in [3.05, 3.63) is 12.2 Å². The van der Waals surface area contributed by atoms with Gasteiger partial charge < -0.3 is 41.4 Å². The number of carbonyl (C=O) groups is 1. The van der Waals surface area contributed by atoms with Gasteiger partial charge in [-0.1, -0.05) is 6.58 Å². The van der Waals surface area contributed by atoms with Crippen LogP contribution in [0.25, 0.3) is 0 Å². The summed E-state index contributed by atoms with van der Waals surface area (Å²) in [5, 5.41) is 21.3. The van der Waals surface area contributed by atoms with Gasteiger partial charge in [0.1, 0.15) is 0 Å². The van der Waals surface area contributed by atoms with E-state index >= 15 is 0 Å². The summed E-state index contributed by atoms with van der Waals surface area (Å²) in [6.07, 6.45) is -0.391. The van der Waals surface area contributed by atoms with Crippen molar-refractivity contribution in [2.24, 2.45) is 0 Å². The van der Waals surface area contributed by atoms with Crippen molar-refractivity contribution in [1.29, 1.82) is 0 Å². The number of nitrogens with zero attached hydrogens (tertiary/aromatic N) is 1. The second kappa shape index (κ2) is 19.1. The Morgan fingerprint density at radius 1 is 0.750 bits per heavy atom. The number of ether oxygens (including phenoxy) is 2. The fraction of sp³-hybridized carbons (Fsp3) is 0.893. The predicted molar refractivity (Wildman–Crippen MR) is 193 cm³/mol. The van der Waals surface area contributed by atoms with Gasteiger partial charge in [0, 0.05) is 31.9 Å². The lowest BCUT2D eigenvalue weighted by Gasteiger charge is -2.38. The number of rotatable bonds is 24.